The van der Waals surface area contributed by atoms with Crippen molar-refractivity contribution in [3.05, 3.63) is 63.7 Å². The average molecular weight is 314 g/mol. The first kappa shape index (κ1) is 16.5. The van der Waals surface area contributed by atoms with Crippen LogP contribution in [0.1, 0.15) is 35.0 Å². The van der Waals surface area contributed by atoms with Crippen LogP contribution in [0.5, 0.6) is 11.5 Å². The molecule has 0 aliphatic carbocycles. The Kier molecular flexibility index (Phi) is 5.36. The van der Waals surface area contributed by atoms with E-state index in [-0.39, 0.29) is 17.1 Å². The number of hydrogen-bond donors (Lipinski definition) is 1. The molecule has 2 aromatic rings. The van der Waals surface area contributed by atoms with E-state index < -0.39 is 11.4 Å². The van der Waals surface area contributed by atoms with Crippen LogP contribution in [0.2, 0.25) is 0 Å². The maximum Gasteiger partial charge on any atom is 0.351 e. The van der Waals surface area contributed by atoms with Crippen LogP contribution in [-0.4, -0.2) is 17.5 Å². The monoisotopic (exact) mass is 314 g/mol. The van der Waals surface area contributed by atoms with Gasteiger partial charge in [0.2, 0.25) is 0 Å². The third-order valence-electron chi connectivity index (χ3n) is 3.08. The maximum absolute atomic E-state index is 12.0. The molecule has 1 N–H and O–H groups in total. The van der Waals surface area contributed by atoms with E-state index in [0.717, 1.165) is 17.7 Å². The number of ether oxygens (including phenoxy) is 1. The van der Waals surface area contributed by atoms with Crippen molar-refractivity contribution in [3.63, 3.8) is 0 Å². The second-order valence-electron chi connectivity index (χ2n) is 5.02. The van der Waals surface area contributed by atoms with E-state index in [2.05, 4.69) is 0 Å². The SMILES string of the molecule is CCCOc1ccc(/C=C/C(=O)c2c(O)cc(C)oc2=O)cc1. The molecule has 1 aromatic heterocycles. The lowest BCUT2D eigenvalue weighted by Gasteiger charge is -2.04. The highest BCUT2D eigenvalue weighted by Gasteiger charge is 2.15. The van der Waals surface area contributed by atoms with E-state index in [1.807, 2.05) is 6.92 Å². The summed E-state index contributed by atoms with van der Waals surface area (Å²) in [5, 5.41) is 9.73. The number of aryl methyl sites for hydroxylation is 1. The number of rotatable bonds is 6. The van der Waals surface area contributed by atoms with E-state index in [4.69, 9.17) is 9.15 Å². The Balaban J connectivity index is 2.14. The van der Waals surface area contributed by atoms with Crippen LogP contribution < -0.4 is 10.4 Å². The van der Waals surface area contributed by atoms with Crippen molar-refractivity contribution < 1.29 is 19.1 Å². The zero-order chi connectivity index (χ0) is 16.8. The first-order valence-electron chi connectivity index (χ1n) is 7.30. The molecule has 0 saturated heterocycles. The number of ketones is 1. The molecule has 2 rings (SSSR count). The predicted molar refractivity (Wildman–Crippen MR) is 87.0 cm³/mol. The second kappa shape index (κ2) is 7.45. The van der Waals surface area contributed by atoms with Gasteiger partial charge in [-0.05, 0) is 37.1 Å². The van der Waals surface area contributed by atoms with Crippen molar-refractivity contribution in [2.75, 3.05) is 6.61 Å². The van der Waals surface area contributed by atoms with Gasteiger partial charge in [0.25, 0.3) is 0 Å². The summed E-state index contributed by atoms with van der Waals surface area (Å²) in [6.45, 7) is 4.20. The lowest BCUT2D eigenvalue weighted by Crippen LogP contribution is -2.12. The number of carbonyl (C=O) groups excluding carboxylic acids is 1. The number of aromatic hydroxyl groups is 1. The Hall–Kier alpha value is -2.82. The van der Waals surface area contributed by atoms with Crippen LogP contribution in [0, 0.1) is 6.92 Å². The van der Waals surface area contributed by atoms with Gasteiger partial charge in [0.1, 0.15) is 22.8 Å². The van der Waals surface area contributed by atoms with Crippen molar-refractivity contribution in [2.24, 2.45) is 0 Å². The third-order valence-corrected chi connectivity index (χ3v) is 3.08. The highest BCUT2D eigenvalue weighted by Crippen LogP contribution is 2.17. The summed E-state index contributed by atoms with van der Waals surface area (Å²) >= 11 is 0. The lowest BCUT2D eigenvalue weighted by atomic mass is 10.1. The minimum Gasteiger partial charge on any atom is -0.507 e. The van der Waals surface area contributed by atoms with E-state index in [0.29, 0.717) is 6.61 Å². The van der Waals surface area contributed by atoms with Gasteiger partial charge in [-0.3, -0.25) is 4.79 Å². The Morgan fingerprint density at radius 1 is 1.30 bits per heavy atom. The molecule has 0 unspecified atom stereocenters. The van der Waals surface area contributed by atoms with Gasteiger partial charge >= 0.3 is 5.63 Å². The van der Waals surface area contributed by atoms with Crippen LogP contribution in [0.25, 0.3) is 6.08 Å². The molecule has 1 heterocycles. The smallest absolute Gasteiger partial charge is 0.351 e. The van der Waals surface area contributed by atoms with Gasteiger partial charge < -0.3 is 14.3 Å². The van der Waals surface area contributed by atoms with E-state index in [1.165, 1.54) is 19.1 Å². The van der Waals surface area contributed by atoms with Gasteiger partial charge in [0.05, 0.1) is 6.61 Å². The third kappa shape index (κ3) is 4.32. The molecule has 0 spiro atoms. The zero-order valence-electron chi connectivity index (χ0n) is 13.0. The van der Waals surface area contributed by atoms with Crippen LogP contribution in [-0.2, 0) is 0 Å². The second-order valence-corrected chi connectivity index (χ2v) is 5.02. The summed E-state index contributed by atoms with van der Waals surface area (Å²) in [5.41, 5.74) is -0.437. The van der Waals surface area contributed by atoms with Crippen LogP contribution in [0.15, 0.2) is 45.6 Å². The van der Waals surface area contributed by atoms with Crippen molar-refractivity contribution in [3.8, 4) is 11.5 Å². The van der Waals surface area contributed by atoms with E-state index in [9.17, 15) is 14.7 Å². The average Bonchev–Trinajstić information content (AvgIpc) is 2.51. The highest BCUT2D eigenvalue weighted by molar-refractivity contribution is 6.08. The minimum absolute atomic E-state index is 0.246. The Bertz CT molecular complexity index is 769. The van der Waals surface area contributed by atoms with Crippen molar-refractivity contribution in [2.45, 2.75) is 20.3 Å². The Morgan fingerprint density at radius 2 is 2.00 bits per heavy atom. The molecule has 0 saturated carbocycles. The molecule has 0 bridgehead atoms. The molecular formula is C18H18O5. The number of carbonyl (C=O) groups is 1. The molecule has 0 aliphatic heterocycles. The molecule has 5 heteroatoms. The molecule has 0 atom stereocenters. The zero-order valence-corrected chi connectivity index (χ0v) is 13.0. The fourth-order valence-corrected chi connectivity index (χ4v) is 1.97. The van der Waals surface area contributed by atoms with Crippen LogP contribution in [0.3, 0.4) is 0 Å². The summed E-state index contributed by atoms with van der Waals surface area (Å²) in [6.07, 6.45) is 3.71. The van der Waals surface area contributed by atoms with Gasteiger partial charge in [-0.15, -0.1) is 0 Å². The predicted octanol–water partition coefficient (Wildman–Crippen LogP) is 3.34. The highest BCUT2D eigenvalue weighted by atomic mass is 16.5. The number of hydrogen-bond acceptors (Lipinski definition) is 5. The van der Waals surface area contributed by atoms with Gasteiger partial charge in [-0.25, -0.2) is 4.79 Å². The molecule has 0 fully saturated rings. The topological polar surface area (TPSA) is 76.7 Å². The van der Waals surface area contributed by atoms with Gasteiger partial charge in [0, 0.05) is 6.07 Å². The van der Waals surface area contributed by atoms with Crippen molar-refractivity contribution in [1.82, 2.24) is 0 Å². The molecule has 120 valence electrons. The summed E-state index contributed by atoms with van der Waals surface area (Å²) in [6, 6.07) is 8.44. The first-order chi connectivity index (χ1) is 11.0. The molecule has 0 radical (unpaired) electrons. The molecule has 23 heavy (non-hydrogen) atoms. The number of benzene rings is 1. The first-order valence-corrected chi connectivity index (χ1v) is 7.30. The van der Waals surface area contributed by atoms with Crippen molar-refractivity contribution >= 4 is 11.9 Å². The normalized spacial score (nSPS) is 10.9. The molecular weight excluding hydrogens is 296 g/mol. The summed E-state index contributed by atoms with van der Waals surface area (Å²) in [4.78, 5) is 23.7. The standard InChI is InChI=1S/C18H18O5/c1-3-10-22-14-7-4-13(5-8-14)6-9-15(19)17-16(20)11-12(2)23-18(17)21/h4-9,11,20H,3,10H2,1-2H3/b9-6+. The van der Waals surface area contributed by atoms with Crippen LogP contribution in [0.4, 0.5) is 0 Å². The van der Waals surface area contributed by atoms with E-state index in [1.54, 1.807) is 30.3 Å². The van der Waals surface area contributed by atoms with Crippen molar-refractivity contribution in [1.29, 1.82) is 0 Å². The molecule has 0 aliphatic rings. The largest absolute Gasteiger partial charge is 0.507 e. The summed E-state index contributed by atoms with van der Waals surface area (Å²) < 4.78 is 10.3. The van der Waals surface area contributed by atoms with Gasteiger partial charge in [-0.1, -0.05) is 25.1 Å². The van der Waals surface area contributed by atoms with E-state index >= 15 is 0 Å². The fourth-order valence-electron chi connectivity index (χ4n) is 1.97. The molecule has 5 nitrogen and oxygen atoms in total. The maximum atomic E-state index is 12.0. The van der Waals surface area contributed by atoms with Gasteiger partial charge in [-0.2, -0.15) is 0 Å². The molecule has 0 amide bonds. The minimum atomic E-state index is -0.847. The quantitative estimate of drug-likeness (QED) is 0.653. The fraction of sp³-hybridized carbons (Fsp3) is 0.222. The number of allylic oxidation sites excluding steroid dienone is 1. The summed E-state index contributed by atoms with van der Waals surface area (Å²) in [7, 11) is 0. The van der Waals surface area contributed by atoms with Gasteiger partial charge in [0.15, 0.2) is 5.78 Å². The lowest BCUT2D eigenvalue weighted by molar-refractivity contribution is 0.104. The summed E-state index contributed by atoms with van der Waals surface area (Å²) in [5.74, 6) is 0.0159. The van der Waals surface area contributed by atoms with Crippen LogP contribution >= 0.6 is 0 Å². The molecule has 1 aromatic carbocycles. The Labute approximate surface area is 133 Å². The Morgan fingerprint density at radius 3 is 2.61 bits per heavy atom.